The summed E-state index contributed by atoms with van der Waals surface area (Å²) in [6.07, 6.45) is 4.62. The molecule has 0 unspecified atom stereocenters. The molecule has 1 N–H and O–H groups in total. The average Bonchev–Trinajstić information content (AvgIpc) is 3.50. The molecule has 2 amide bonds. The lowest BCUT2D eigenvalue weighted by Crippen LogP contribution is -2.33. The van der Waals surface area contributed by atoms with Gasteiger partial charge in [-0.3, -0.25) is 9.59 Å². The van der Waals surface area contributed by atoms with Crippen molar-refractivity contribution in [1.82, 2.24) is 10.2 Å². The zero-order valence-electron chi connectivity index (χ0n) is 16.2. The SMILES string of the molecule is O=C(NCc1ccc2c(c1)OCO2)[C@H]1CCc2sc(C(=O)N3CCCC3)cc2C1. The average molecular weight is 413 g/mol. The largest absolute Gasteiger partial charge is 0.454 e. The van der Waals surface area contributed by atoms with Gasteiger partial charge in [0.05, 0.1) is 4.88 Å². The highest BCUT2D eigenvalue weighted by molar-refractivity contribution is 7.14. The third-order valence-corrected chi connectivity index (χ3v) is 7.19. The van der Waals surface area contributed by atoms with Crippen LogP contribution in [-0.2, 0) is 24.2 Å². The first kappa shape index (κ1) is 18.5. The molecule has 7 heteroatoms. The molecule has 0 spiro atoms. The Morgan fingerprint density at radius 3 is 2.83 bits per heavy atom. The molecule has 1 fully saturated rings. The Morgan fingerprint density at radius 1 is 1.14 bits per heavy atom. The zero-order chi connectivity index (χ0) is 19.8. The van der Waals surface area contributed by atoms with Crippen LogP contribution in [0.5, 0.6) is 11.5 Å². The monoisotopic (exact) mass is 412 g/mol. The number of aryl methyl sites for hydroxylation is 1. The maximum absolute atomic E-state index is 12.7. The topological polar surface area (TPSA) is 67.9 Å². The van der Waals surface area contributed by atoms with Crippen molar-refractivity contribution in [1.29, 1.82) is 0 Å². The lowest BCUT2D eigenvalue weighted by Gasteiger charge is -2.21. The fraction of sp³-hybridized carbons (Fsp3) is 0.455. The van der Waals surface area contributed by atoms with Crippen molar-refractivity contribution in [3.05, 3.63) is 45.1 Å². The zero-order valence-corrected chi connectivity index (χ0v) is 17.1. The number of nitrogens with one attached hydrogen (secondary N) is 1. The summed E-state index contributed by atoms with van der Waals surface area (Å²) in [5.41, 5.74) is 2.17. The third kappa shape index (κ3) is 3.71. The first-order chi connectivity index (χ1) is 14.2. The maximum atomic E-state index is 12.7. The standard InChI is InChI=1S/C22H24N2O4S/c25-21(23-12-14-3-5-17-18(9-14)28-13-27-17)15-4-6-19-16(10-15)11-20(29-19)22(26)24-7-1-2-8-24/h3,5,9,11,15H,1-2,4,6-8,10,12-13H2,(H,23,25)/t15-/m0/s1. The maximum Gasteiger partial charge on any atom is 0.263 e. The van der Waals surface area contributed by atoms with Crippen LogP contribution in [0, 0.1) is 5.92 Å². The number of nitrogens with zero attached hydrogens (tertiary/aromatic N) is 1. The molecule has 1 aromatic carbocycles. The van der Waals surface area contributed by atoms with Crippen molar-refractivity contribution in [2.45, 2.75) is 38.6 Å². The molecule has 5 rings (SSSR count). The first-order valence-electron chi connectivity index (χ1n) is 10.2. The fourth-order valence-corrected chi connectivity index (χ4v) is 5.49. The number of carbonyl (C=O) groups excluding carboxylic acids is 2. The summed E-state index contributed by atoms with van der Waals surface area (Å²) in [7, 11) is 0. The number of fused-ring (bicyclic) bond motifs is 2. The highest BCUT2D eigenvalue weighted by Gasteiger charge is 2.29. The third-order valence-electron chi connectivity index (χ3n) is 5.96. The van der Waals surface area contributed by atoms with E-state index < -0.39 is 0 Å². The Balaban J connectivity index is 1.20. The molecule has 1 saturated heterocycles. The number of thiophene rings is 1. The molecule has 1 atom stereocenters. The molecule has 3 heterocycles. The molecule has 2 aliphatic heterocycles. The summed E-state index contributed by atoms with van der Waals surface area (Å²) < 4.78 is 10.7. The van der Waals surface area contributed by atoms with E-state index in [9.17, 15) is 9.59 Å². The van der Waals surface area contributed by atoms with Gasteiger partial charge >= 0.3 is 0 Å². The molecule has 3 aliphatic rings. The quantitative estimate of drug-likeness (QED) is 0.838. The van der Waals surface area contributed by atoms with Crippen LogP contribution in [0.15, 0.2) is 24.3 Å². The highest BCUT2D eigenvalue weighted by Crippen LogP contribution is 2.34. The number of hydrogen-bond acceptors (Lipinski definition) is 5. The number of carbonyl (C=O) groups is 2. The van der Waals surface area contributed by atoms with Gasteiger partial charge in [-0.15, -0.1) is 11.3 Å². The van der Waals surface area contributed by atoms with E-state index in [4.69, 9.17) is 9.47 Å². The van der Waals surface area contributed by atoms with E-state index in [1.165, 1.54) is 10.4 Å². The second-order valence-electron chi connectivity index (χ2n) is 7.90. The van der Waals surface area contributed by atoms with E-state index in [1.807, 2.05) is 29.2 Å². The predicted molar refractivity (Wildman–Crippen MR) is 109 cm³/mol. The molecule has 6 nitrogen and oxygen atoms in total. The van der Waals surface area contributed by atoms with Crippen LogP contribution in [0.25, 0.3) is 0 Å². The number of hydrogen-bond donors (Lipinski definition) is 1. The predicted octanol–water partition coefficient (Wildman–Crippen LogP) is 3.13. The molecule has 0 saturated carbocycles. The minimum atomic E-state index is -0.0409. The Hall–Kier alpha value is -2.54. The number of ether oxygens (including phenoxy) is 2. The van der Waals surface area contributed by atoms with Crippen molar-refractivity contribution in [2.75, 3.05) is 19.9 Å². The Bertz CT molecular complexity index is 948. The summed E-state index contributed by atoms with van der Waals surface area (Å²) in [5, 5.41) is 3.06. The summed E-state index contributed by atoms with van der Waals surface area (Å²) >= 11 is 1.62. The van der Waals surface area contributed by atoms with E-state index >= 15 is 0 Å². The summed E-state index contributed by atoms with van der Waals surface area (Å²) in [4.78, 5) is 29.4. The molecule has 2 aromatic rings. The Kier molecular flexibility index (Phi) is 4.91. The molecule has 152 valence electrons. The van der Waals surface area contributed by atoms with E-state index in [2.05, 4.69) is 5.32 Å². The van der Waals surface area contributed by atoms with Crippen molar-refractivity contribution >= 4 is 23.2 Å². The smallest absolute Gasteiger partial charge is 0.263 e. The molecular formula is C22H24N2O4S. The van der Waals surface area contributed by atoms with Gasteiger partial charge in [0.15, 0.2) is 11.5 Å². The highest BCUT2D eigenvalue weighted by atomic mass is 32.1. The summed E-state index contributed by atoms with van der Waals surface area (Å²) in [5.74, 6) is 1.67. The summed E-state index contributed by atoms with van der Waals surface area (Å²) in [6, 6.07) is 7.76. The van der Waals surface area contributed by atoms with Crippen LogP contribution in [0.1, 0.15) is 44.9 Å². The summed E-state index contributed by atoms with van der Waals surface area (Å²) in [6.45, 7) is 2.46. The van der Waals surface area contributed by atoms with Gasteiger partial charge in [-0.25, -0.2) is 0 Å². The Labute approximate surface area is 173 Å². The normalized spacial score (nSPS) is 19.9. The Morgan fingerprint density at radius 2 is 1.97 bits per heavy atom. The number of rotatable bonds is 4. The van der Waals surface area contributed by atoms with Crippen LogP contribution < -0.4 is 14.8 Å². The van der Waals surface area contributed by atoms with Gasteiger partial charge in [0, 0.05) is 30.4 Å². The van der Waals surface area contributed by atoms with Gasteiger partial charge in [-0.1, -0.05) is 6.07 Å². The molecule has 29 heavy (non-hydrogen) atoms. The minimum absolute atomic E-state index is 0.0409. The molecular weight excluding hydrogens is 388 g/mol. The second kappa shape index (κ2) is 7.71. The van der Waals surface area contributed by atoms with Crippen molar-refractivity contribution in [3.63, 3.8) is 0 Å². The van der Waals surface area contributed by atoms with Gasteiger partial charge in [0.1, 0.15) is 0 Å². The van der Waals surface area contributed by atoms with E-state index in [1.54, 1.807) is 11.3 Å². The van der Waals surface area contributed by atoms with Crippen LogP contribution in [0.2, 0.25) is 0 Å². The van der Waals surface area contributed by atoms with Gasteiger partial charge in [-0.05, 0) is 61.4 Å². The van der Waals surface area contributed by atoms with Gasteiger partial charge in [0.25, 0.3) is 5.91 Å². The van der Waals surface area contributed by atoms with Crippen LogP contribution in [0.4, 0.5) is 0 Å². The molecule has 1 aliphatic carbocycles. The van der Waals surface area contributed by atoms with Crippen LogP contribution >= 0.6 is 11.3 Å². The number of likely N-dealkylation sites (tertiary alicyclic amines) is 1. The number of benzene rings is 1. The number of amides is 2. The van der Waals surface area contributed by atoms with Crippen LogP contribution in [-0.4, -0.2) is 36.6 Å². The molecule has 0 radical (unpaired) electrons. The fourth-order valence-electron chi connectivity index (χ4n) is 4.31. The van der Waals surface area contributed by atoms with Gasteiger partial charge in [-0.2, -0.15) is 0 Å². The molecule has 0 bridgehead atoms. The molecule has 1 aromatic heterocycles. The van der Waals surface area contributed by atoms with Crippen molar-refractivity contribution < 1.29 is 19.1 Å². The van der Waals surface area contributed by atoms with E-state index in [-0.39, 0.29) is 24.5 Å². The van der Waals surface area contributed by atoms with Gasteiger partial charge in [0.2, 0.25) is 12.7 Å². The van der Waals surface area contributed by atoms with Crippen molar-refractivity contribution in [3.8, 4) is 11.5 Å². The van der Waals surface area contributed by atoms with E-state index in [0.29, 0.717) is 13.0 Å². The first-order valence-corrected chi connectivity index (χ1v) is 11.1. The van der Waals surface area contributed by atoms with Gasteiger partial charge < -0.3 is 19.7 Å². The van der Waals surface area contributed by atoms with E-state index in [0.717, 1.165) is 60.7 Å². The lowest BCUT2D eigenvalue weighted by molar-refractivity contribution is -0.125. The second-order valence-corrected chi connectivity index (χ2v) is 9.04. The minimum Gasteiger partial charge on any atom is -0.454 e. The lowest BCUT2D eigenvalue weighted by atomic mass is 9.87. The van der Waals surface area contributed by atoms with Crippen molar-refractivity contribution in [2.24, 2.45) is 5.92 Å². The van der Waals surface area contributed by atoms with Crippen LogP contribution in [0.3, 0.4) is 0 Å².